The first-order valence-corrected chi connectivity index (χ1v) is 6.44. The largest absolute Gasteiger partial charge is 0.416 e. The number of rotatable bonds is 3. The molecule has 1 amide bonds. The lowest BCUT2D eigenvalue weighted by Crippen LogP contribution is -2.26. The van der Waals surface area contributed by atoms with E-state index in [4.69, 9.17) is 11.6 Å². The zero-order valence-electron chi connectivity index (χ0n) is 10.1. The maximum atomic E-state index is 12.8. The van der Waals surface area contributed by atoms with Crippen molar-refractivity contribution in [3.8, 4) is 0 Å². The summed E-state index contributed by atoms with van der Waals surface area (Å²) in [5, 5.41) is 0. The van der Waals surface area contributed by atoms with Crippen molar-refractivity contribution < 1.29 is 18.0 Å². The Morgan fingerprint density at radius 1 is 1.32 bits per heavy atom. The van der Waals surface area contributed by atoms with Crippen molar-refractivity contribution in [2.24, 2.45) is 5.92 Å². The molecule has 19 heavy (non-hydrogen) atoms. The molecule has 0 aliphatic carbocycles. The summed E-state index contributed by atoms with van der Waals surface area (Å²) in [6, 6.07) is 5.34. The molecule has 0 aromatic heterocycles. The predicted octanol–water partition coefficient (Wildman–Crippen LogP) is 3.29. The molecule has 0 radical (unpaired) electrons. The Bertz CT molecular complexity index is 475. The molecule has 0 spiro atoms. The Balaban J connectivity index is 2.18. The highest BCUT2D eigenvalue weighted by molar-refractivity contribution is 6.18. The number of nitrogens with zero attached hydrogens (tertiary/aromatic N) is 1. The molecular formula is C13H13ClF3NO. The highest BCUT2D eigenvalue weighted by atomic mass is 35.5. The van der Waals surface area contributed by atoms with Crippen LogP contribution >= 0.6 is 11.6 Å². The van der Waals surface area contributed by atoms with Gasteiger partial charge in [-0.25, -0.2) is 0 Å². The average Bonchev–Trinajstić information content (AvgIpc) is 2.70. The van der Waals surface area contributed by atoms with Crippen LogP contribution in [-0.2, 0) is 17.5 Å². The summed E-state index contributed by atoms with van der Waals surface area (Å²) >= 11 is 5.69. The van der Waals surface area contributed by atoms with E-state index in [0.717, 1.165) is 6.07 Å². The summed E-state index contributed by atoms with van der Waals surface area (Å²) in [6.07, 6.45) is -4.08. The van der Waals surface area contributed by atoms with Gasteiger partial charge in [-0.3, -0.25) is 4.79 Å². The lowest BCUT2D eigenvalue weighted by atomic mass is 10.1. The lowest BCUT2D eigenvalue weighted by Gasteiger charge is -2.19. The normalized spacial score (nSPS) is 20.1. The molecule has 1 atom stereocenters. The van der Waals surface area contributed by atoms with Crippen LogP contribution in [0.5, 0.6) is 0 Å². The molecule has 0 N–H and O–H groups in total. The quantitative estimate of drug-likeness (QED) is 0.783. The third-order valence-electron chi connectivity index (χ3n) is 3.20. The number of carbonyl (C=O) groups is 1. The van der Waals surface area contributed by atoms with Crippen LogP contribution in [0.3, 0.4) is 0 Å². The van der Waals surface area contributed by atoms with E-state index in [0.29, 0.717) is 18.8 Å². The molecule has 1 unspecified atom stereocenters. The molecule has 1 saturated heterocycles. The second kappa shape index (κ2) is 5.41. The van der Waals surface area contributed by atoms with Gasteiger partial charge in [0.05, 0.1) is 5.56 Å². The highest BCUT2D eigenvalue weighted by Gasteiger charge is 2.35. The molecule has 2 rings (SSSR count). The molecule has 0 saturated carbocycles. The van der Waals surface area contributed by atoms with Crippen molar-refractivity contribution in [2.75, 3.05) is 12.4 Å². The Labute approximate surface area is 114 Å². The minimum absolute atomic E-state index is 0.0120. The highest BCUT2D eigenvalue weighted by Crippen LogP contribution is 2.33. The zero-order chi connectivity index (χ0) is 14.0. The summed E-state index contributed by atoms with van der Waals surface area (Å²) in [5.41, 5.74) is -0.560. The van der Waals surface area contributed by atoms with Crippen molar-refractivity contribution in [1.29, 1.82) is 0 Å². The van der Waals surface area contributed by atoms with Crippen LogP contribution in [0, 0.1) is 5.92 Å². The van der Waals surface area contributed by atoms with Gasteiger partial charge in [0.1, 0.15) is 0 Å². The molecule has 1 aliphatic rings. The van der Waals surface area contributed by atoms with Gasteiger partial charge < -0.3 is 4.90 Å². The number of alkyl halides is 4. The van der Waals surface area contributed by atoms with Gasteiger partial charge in [-0.15, -0.1) is 11.6 Å². The van der Waals surface area contributed by atoms with Crippen molar-refractivity contribution in [3.05, 3.63) is 35.4 Å². The van der Waals surface area contributed by atoms with E-state index in [1.165, 1.54) is 17.0 Å². The van der Waals surface area contributed by atoms with Crippen molar-refractivity contribution in [2.45, 2.75) is 19.1 Å². The molecule has 1 heterocycles. The van der Waals surface area contributed by atoms with E-state index in [-0.39, 0.29) is 23.9 Å². The Hall–Kier alpha value is -1.23. The minimum atomic E-state index is -4.40. The molecule has 1 fully saturated rings. The van der Waals surface area contributed by atoms with Gasteiger partial charge >= 0.3 is 6.18 Å². The second-order valence-electron chi connectivity index (χ2n) is 4.65. The van der Waals surface area contributed by atoms with Gasteiger partial charge in [0.15, 0.2) is 0 Å². The number of hydrogen-bond acceptors (Lipinski definition) is 1. The van der Waals surface area contributed by atoms with E-state index in [9.17, 15) is 18.0 Å². The van der Waals surface area contributed by atoms with E-state index in [2.05, 4.69) is 0 Å². The summed E-state index contributed by atoms with van der Waals surface area (Å²) < 4.78 is 38.5. The van der Waals surface area contributed by atoms with Crippen LogP contribution in [0.4, 0.5) is 13.2 Å². The molecule has 1 aliphatic heterocycles. The van der Waals surface area contributed by atoms with Crippen LogP contribution in [0.1, 0.15) is 17.5 Å². The smallest absolute Gasteiger partial charge is 0.338 e. The van der Waals surface area contributed by atoms with Gasteiger partial charge in [0, 0.05) is 25.4 Å². The number of halogens is 4. The van der Waals surface area contributed by atoms with E-state index in [1.807, 2.05) is 0 Å². The summed E-state index contributed by atoms with van der Waals surface area (Å²) in [4.78, 5) is 13.1. The summed E-state index contributed by atoms with van der Waals surface area (Å²) in [5.74, 6) is 0.248. The van der Waals surface area contributed by atoms with Gasteiger partial charge in [0.2, 0.25) is 5.91 Å². The molecular weight excluding hydrogens is 279 g/mol. The zero-order valence-corrected chi connectivity index (χ0v) is 10.8. The van der Waals surface area contributed by atoms with Crippen LogP contribution in [0.2, 0.25) is 0 Å². The fraction of sp³-hybridized carbons (Fsp3) is 0.462. The Kier molecular flexibility index (Phi) is 4.04. The third-order valence-corrected chi connectivity index (χ3v) is 3.63. The molecule has 6 heteroatoms. The fourth-order valence-corrected chi connectivity index (χ4v) is 2.46. The molecule has 1 aromatic rings. The number of likely N-dealkylation sites (tertiary alicyclic amines) is 1. The van der Waals surface area contributed by atoms with E-state index in [1.54, 1.807) is 6.07 Å². The SMILES string of the molecule is O=C1CC(CCl)CN1Cc1ccccc1C(F)(F)F. The topological polar surface area (TPSA) is 20.3 Å². The van der Waals surface area contributed by atoms with Crippen LogP contribution < -0.4 is 0 Å². The summed E-state index contributed by atoms with van der Waals surface area (Å²) in [7, 11) is 0. The number of hydrogen-bond donors (Lipinski definition) is 0. The fourth-order valence-electron chi connectivity index (χ4n) is 2.25. The lowest BCUT2D eigenvalue weighted by molar-refractivity contribution is -0.139. The van der Waals surface area contributed by atoms with Crippen LogP contribution in [0.25, 0.3) is 0 Å². The van der Waals surface area contributed by atoms with Gasteiger partial charge in [0.25, 0.3) is 0 Å². The number of carbonyl (C=O) groups excluding carboxylic acids is 1. The van der Waals surface area contributed by atoms with Gasteiger partial charge in [-0.1, -0.05) is 18.2 Å². The standard InChI is InChI=1S/C13H13ClF3NO/c14-6-9-5-12(19)18(7-9)8-10-3-1-2-4-11(10)13(15,16)17/h1-4,9H,5-8H2. The Morgan fingerprint density at radius 2 is 2.00 bits per heavy atom. The van der Waals surface area contributed by atoms with E-state index < -0.39 is 11.7 Å². The molecule has 0 bridgehead atoms. The second-order valence-corrected chi connectivity index (χ2v) is 4.96. The van der Waals surface area contributed by atoms with Crippen LogP contribution in [-0.4, -0.2) is 23.2 Å². The number of amides is 1. The molecule has 2 nitrogen and oxygen atoms in total. The van der Waals surface area contributed by atoms with Crippen molar-refractivity contribution in [1.82, 2.24) is 4.90 Å². The van der Waals surface area contributed by atoms with Crippen molar-refractivity contribution >= 4 is 17.5 Å². The summed E-state index contributed by atoms with van der Waals surface area (Å²) in [6.45, 7) is 0.413. The third kappa shape index (κ3) is 3.21. The average molecular weight is 292 g/mol. The first-order chi connectivity index (χ1) is 8.91. The van der Waals surface area contributed by atoms with E-state index >= 15 is 0 Å². The maximum absolute atomic E-state index is 12.8. The van der Waals surface area contributed by atoms with Crippen LogP contribution in [0.15, 0.2) is 24.3 Å². The van der Waals surface area contributed by atoms with Gasteiger partial charge in [-0.05, 0) is 17.5 Å². The molecule has 104 valence electrons. The Morgan fingerprint density at radius 3 is 2.58 bits per heavy atom. The van der Waals surface area contributed by atoms with Crippen molar-refractivity contribution in [3.63, 3.8) is 0 Å². The first-order valence-electron chi connectivity index (χ1n) is 5.90. The maximum Gasteiger partial charge on any atom is 0.416 e. The minimum Gasteiger partial charge on any atom is -0.338 e. The monoisotopic (exact) mass is 291 g/mol. The number of benzene rings is 1. The van der Waals surface area contributed by atoms with Gasteiger partial charge in [-0.2, -0.15) is 13.2 Å². The first kappa shape index (κ1) is 14.2. The molecule has 1 aromatic carbocycles. The predicted molar refractivity (Wildman–Crippen MR) is 65.7 cm³/mol.